The van der Waals surface area contributed by atoms with Crippen LogP contribution < -0.4 is 15.8 Å². The van der Waals surface area contributed by atoms with Crippen molar-refractivity contribution in [2.45, 2.75) is 12.5 Å². The molecule has 1 fully saturated rings. The van der Waals surface area contributed by atoms with Gasteiger partial charge in [0, 0.05) is 12.7 Å². The van der Waals surface area contributed by atoms with Gasteiger partial charge < -0.3 is 15.8 Å². The molecule has 70 valence electrons. The van der Waals surface area contributed by atoms with Crippen molar-refractivity contribution in [3.63, 3.8) is 0 Å². The molecule has 3 N–H and O–H groups in total. The van der Waals surface area contributed by atoms with Crippen LogP contribution >= 0.6 is 0 Å². The number of nitrogens with one attached hydrogen (secondary N) is 1. The summed E-state index contributed by atoms with van der Waals surface area (Å²) in [6.07, 6.45) is 2.93. The van der Waals surface area contributed by atoms with Gasteiger partial charge in [-0.3, -0.25) is 0 Å². The van der Waals surface area contributed by atoms with Crippen molar-refractivity contribution in [2.24, 2.45) is 0 Å². The van der Waals surface area contributed by atoms with E-state index in [1.165, 1.54) is 0 Å². The molecule has 4 nitrogen and oxygen atoms in total. The van der Waals surface area contributed by atoms with Crippen LogP contribution in [-0.2, 0) is 0 Å². The van der Waals surface area contributed by atoms with Crippen LogP contribution in [-0.4, -0.2) is 24.2 Å². The average molecular weight is 179 g/mol. The van der Waals surface area contributed by atoms with Gasteiger partial charge in [-0.05, 0) is 25.1 Å². The van der Waals surface area contributed by atoms with Crippen LogP contribution in [0.15, 0.2) is 18.3 Å². The monoisotopic (exact) mass is 179 g/mol. The number of hydrogen-bond acceptors (Lipinski definition) is 4. The molecule has 1 saturated heterocycles. The zero-order valence-corrected chi connectivity index (χ0v) is 7.36. The van der Waals surface area contributed by atoms with Crippen molar-refractivity contribution in [3.8, 4) is 5.88 Å². The van der Waals surface area contributed by atoms with Crippen molar-refractivity contribution in [1.82, 2.24) is 10.3 Å². The zero-order valence-electron chi connectivity index (χ0n) is 7.36. The Labute approximate surface area is 77.1 Å². The van der Waals surface area contributed by atoms with E-state index in [1.807, 2.05) is 0 Å². The Balaban J connectivity index is 2.04. The van der Waals surface area contributed by atoms with E-state index in [0.717, 1.165) is 19.5 Å². The van der Waals surface area contributed by atoms with E-state index in [4.69, 9.17) is 10.5 Å². The van der Waals surface area contributed by atoms with Gasteiger partial charge in [-0.1, -0.05) is 0 Å². The van der Waals surface area contributed by atoms with Gasteiger partial charge in [-0.25, -0.2) is 4.98 Å². The molecule has 4 heteroatoms. The summed E-state index contributed by atoms with van der Waals surface area (Å²) < 4.78 is 5.61. The van der Waals surface area contributed by atoms with Gasteiger partial charge >= 0.3 is 0 Å². The highest BCUT2D eigenvalue weighted by Crippen LogP contribution is 2.19. The van der Waals surface area contributed by atoms with E-state index in [2.05, 4.69) is 10.3 Å². The van der Waals surface area contributed by atoms with Crippen LogP contribution in [0.5, 0.6) is 5.88 Å². The fraction of sp³-hybridized carbons (Fsp3) is 0.444. The molecular formula is C9H13N3O. The number of hydrogen-bond donors (Lipinski definition) is 2. The molecule has 0 aromatic carbocycles. The predicted molar refractivity (Wildman–Crippen MR) is 50.6 cm³/mol. The third kappa shape index (κ3) is 1.89. The first kappa shape index (κ1) is 8.31. The Morgan fingerprint density at radius 1 is 1.62 bits per heavy atom. The molecule has 0 radical (unpaired) electrons. The third-order valence-electron chi connectivity index (χ3n) is 2.09. The summed E-state index contributed by atoms with van der Waals surface area (Å²) in [7, 11) is 0. The molecule has 1 aromatic heterocycles. The van der Waals surface area contributed by atoms with Crippen molar-refractivity contribution in [2.75, 3.05) is 18.8 Å². The Kier molecular flexibility index (Phi) is 2.31. The first-order chi connectivity index (χ1) is 6.36. The normalized spacial score (nSPS) is 21.7. The van der Waals surface area contributed by atoms with E-state index >= 15 is 0 Å². The van der Waals surface area contributed by atoms with Crippen LogP contribution in [0, 0.1) is 0 Å². The maximum Gasteiger partial charge on any atom is 0.237 e. The minimum atomic E-state index is 0.220. The van der Waals surface area contributed by atoms with Crippen LogP contribution in [0.2, 0.25) is 0 Å². The molecular weight excluding hydrogens is 166 g/mol. The summed E-state index contributed by atoms with van der Waals surface area (Å²) in [4.78, 5) is 4.07. The molecule has 1 atom stereocenters. The lowest BCUT2D eigenvalue weighted by Crippen LogP contribution is -2.20. The number of anilines is 1. The van der Waals surface area contributed by atoms with E-state index in [9.17, 15) is 0 Å². The van der Waals surface area contributed by atoms with Gasteiger partial charge in [0.15, 0.2) is 0 Å². The molecule has 2 heterocycles. The molecule has 0 spiro atoms. The average Bonchev–Trinajstić information content (AvgIpc) is 2.61. The molecule has 1 aliphatic heterocycles. The fourth-order valence-electron chi connectivity index (χ4n) is 1.39. The second kappa shape index (κ2) is 3.62. The smallest absolute Gasteiger partial charge is 0.237 e. The summed E-state index contributed by atoms with van der Waals surface area (Å²) in [6.45, 7) is 1.90. The standard InChI is InChI=1S/C9H13N3O/c10-8-2-1-4-12-9(8)13-7-3-5-11-6-7/h1-2,4,7,11H,3,5-6,10H2/t7-/m0/s1. The Hall–Kier alpha value is -1.29. The molecule has 0 unspecified atom stereocenters. The predicted octanol–water partition coefficient (Wildman–Crippen LogP) is 0.404. The van der Waals surface area contributed by atoms with Gasteiger partial charge in [-0.2, -0.15) is 0 Å². The Morgan fingerprint density at radius 2 is 2.54 bits per heavy atom. The molecule has 13 heavy (non-hydrogen) atoms. The highest BCUT2D eigenvalue weighted by atomic mass is 16.5. The number of aromatic nitrogens is 1. The van der Waals surface area contributed by atoms with Crippen molar-refractivity contribution >= 4 is 5.69 Å². The number of pyridine rings is 1. The highest BCUT2D eigenvalue weighted by molar-refractivity contribution is 5.46. The molecule has 0 saturated carbocycles. The van der Waals surface area contributed by atoms with Gasteiger partial charge in [0.25, 0.3) is 0 Å². The largest absolute Gasteiger partial charge is 0.471 e. The highest BCUT2D eigenvalue weighted by Gasteiger charge is 2.17. The quantitative estimate of drug-likeness (QED) is 0.690. The second-order valence-electron chi connectivity index (χ2n) is 3.13. The minimum absolute atomic E-state index is 0.220. The maximum absolute atomic E-state index is 5.69. The van der Waals surface area contributed by atoms with E-state index in [-0.39, 0.29) is 6.10 Å². The van der Waals surface area contributed by atoms with E-state index in [0.29, 0.717) is 11.6 Å². The summed E-state index contributed by atoms with van der Waals surface area (Å²) in [6, 6.07) is 3.60. The number of rotatable bonds is 2. The molecule has 0 amide bonds. The van der Waals surface area contributed by atoms with Crippen molar-refractivity contribution in [1.29, 1.82) is 0 Å². The lowest BCUT2D eigenvalue weighted by molar-refractivity contribution is 0.215. The molecule has 2 rings (SSSR count). The van der Waals surface area contributed by atoms with Gasteiger partial charge in [-0.15, -0.1) is 0 Å². The van der Waals surface area contributed by atoms with Gasteiger partial charge in [0.05, 0.1) is 5.69 Å². The van der Waals surface area contributed by atoms with E-state index in [1.54, 1.807) is 18.3 Å². The van der Waals surface area contributed by atoms with Crippen molar-refractivity contribution < 1.29 is 4.74 Å². The summed E-state index contributed by atoms with van der Waals surface area (Å²) in [5.74, 6) is 0.552. The first-order valence-electron chi connectivity index (χ1n) is 4.44. The van der Waals surface area contributed by atoms with Crippen LogP contribution in [0.3, 0.4) is 0 Å². The third-order valence-corrected chi connectivity index (χ3v) is 2.09. The SMILES string of the molecule is Nc1cccnc1O[C@H]1CCNC1. The maximum atomic E-state index is 5.69. The number of ether oxygens (including phenoxy) is 1. The summed E-state index contributed by atoms with van der Waals surface area (Å²) >= 11 is 0. The number of nitrogen functional groups attached to an aromatic ring is 1. The summed E-state index contributed by atoms with van der Waals surface area (Å²) in [5, 5.41) is 3.22. The molecule has 0 aliphatic carbocycles. The molecule has 1 aromatic rings. The van der Waals surface area contributed by atoms with Crippen LogP contribution in [0.25, 0.3) is 0 Å². The zero-order chi connectivity index (χ0) is 9.10. The van der Waals surface area contributed by atoms with Crippen LogP contribution in [0.1, 0.15) is 6.42 Å². The number of nitrogens with zero attached hydrogens (tertiary/aromatic N) is 1. The van der Waals surface area contributed by atoms with Gasteiger partial charge in [0.1, 0.15) is 6.10 Å². The topological polar surface area (TPSA) is 60.2 Å². The second-order valence-corrected chi connectivity index (χ2v) is 3.13. The fourth-order valence-corrected chi connectivity index (χ4v) is 1.39. The number of nitrogens with two attached hydrogens (primary N) is 1. The van der Waals surface area contributed by atoms with Crippen LogP contribution in [0.4, 0.5) is 5.69 Å². The van der Waals surface area contributed by atoms with Crippen molar-refractivity contribution in [3.05, 3.63) is 18.3 Å². The minimum Gasteiger partial charge on any atom is -0.471 e. The Bertz CT molecular complexity index is 284. The first-order valence-corrected chi connectivity index (χ1v) is 4.44. The summed E-state index contributed by atoms with van der Waals surface area (Å²) in [5.41, 5.74) is 6.30. The lowest BCUT2D eigenvalue weighted by Gasteiger charge is -2.12. The Morgan fingerprint density at radius 3 is 3.23 bits per heavy atom. The molecule has 0 bridgehead atoms. The lowest BCUT2D eigenvalue weighted by atomic mass is 10.3. The van der Waals surface area contributed by atoms with E-state index < -0.39 is 0 Å². The van der Waals surface area contributed by atoms with Gasteiger partial charge in [0.2, 0.25) is 5.88 Å². The molecule has 1 aliphatic rings.